The third-order valence-corrected chi connectivity index (χ3v) is 5.29. The Bertz CT molecular complexity index is 1040. The minimum Gasteiger partial charge on any atom is -0.454 e. The zero-order chi connectivity index (χ0) is 22.3. The fourth-order valence-corrected chi connectivity index (χ4v) is 3.68. The number of fused-ring (bicyclic) bond motifs is 1. The zero-order valence-electron chi connectivity index (χ0n) is 17.5. The Hall–Kier alpha value is -3.81. The molecule has 0 unspecified atom stereocenters. The number of anilines is 1. The lowest BCUT2D eigenvalue weighted by molar-refractivity contribution is -0.142. The minimum absolute atomic E-state index is 0.170. The van der Waals surface area contributed by atoms with Crippen molar-refractivity contribution < 1.29 is 28.6 Å². The fraction of sp³-hybridized carbons (Fsp3) is 0.292. The first kappa shape index (κ1) is 21.4. The topological polar surface area (TPSA) is 103 Å². The molecule has 0 aromatic heterocycles. The maximum absolute atomic E-state index is 12.6. The maximum Gasteiger partial charge on any atom is 0.331 e. The molecule has 1 heterocycles. The number of ether oxygens (including phenoxy) is 3. The predicted octanol–water partition coefficient (Wildman–Crippen LogP) is 3.28. The van der Waals surface area contributed by atoms with Gasteiger partial charge in [-0.1, -0.05) is 31.0 Å². The molecule has 2 aliphatic rings. The summed E-state index contributed by atoms with van der Waals surface area (Å²) < 4.78 is 15.5. The van der Waals surface area contributed by atoms with Gasteiger partial charge in [0.2, 0.25) is 6.79 Å². The molecule has 4 rings (SSSR count). The lowest BCUT2D eigenvalue weighted by atomic mass is 10.1. The van der Waals surface area contributed by atoms with Crippen LogP contribution in [0.3, 0.4) is 0 Å². The van der Waals surface area contributed by atoms with Gasteiger partial charge >= 0.3 is 5.97 Å². The van der Waals surface area contributed by atoms with Crippen LogP contribution >= 0.6 is 0 Å². The third kappa shape index (κ3) is 5.46. The maximum atomic E-state index is 12.6. The number of hydrogen-bond donors (Lipinski definition) is 2. The van der Waals surface area contributed by atoms with Crippen LogP contribution in [-0.4, -0.2) is 37.2 Å². The molecule has 0 atom stereocenters. The number of carbonyl (C=O) groups is 3. The van der Waals surface area contributed by atoms with Gasteiger partial charge in [-0.05, 0) is 48.7 Å². The van der Waals surface area contributed by atoms with E-state index in [4.69, 9.17) is 14.2 Å². The van der Waals surface area contributed by atoms with Gasteiger partial charge in [0.15, 0.2) is 18.1 Å². The summed E-state index contributed by atoms with van der Waals surface area (Å²) in [5.41, 5.74) is 1.49. The second-order valence-electron chi connectivity index (χ2n) is 7.60. The monoisotopic (exact) mass is 436 g/mol. The van der Waals surface area contributed by atoms with Crippen LogP contribution in [0.1, 0.15) is 41.6 Å². The van der Waals surface area contributed by atoms with E-state index in [9.17, 15) is 14.4 Å². The van der Waals surface area contributed by atoms with Crippen molar-refractivity contribution in [2.75, 3.05) is 18.7 Å². The first-order valence-corrected chi connectivity index (χ1v) is 10.5. The van der Waals surface area contributed by atoms with Crippen LogP contribution < -0.4 is 20.1 Å². The highest BCUT2D eigenvalue weighted by Crippen LogP contribution is 2.32. The standard InChI is InChI=1S/C24H24N2O6/c27-22(14-30-23(28)12-10-16-9-11-20-21(13-16)32-15-31-20)26-19-8-4-3-7-18(19)24(29)25-17-5-1-2-6-17/h3-4,7-13,17H,1-2,5-6,14-15H2,(H,25,29)(H,26,27)/b12-10+. The van der Waals surface area contributed by atoms with Crippen LogP contribution in [0.5, 0.6) is 11.5 Å². The van der Waals surface area contributed by atoms with Crippen LogP contribution in [0.2, 0.25) is 0 Å². The zero-order valence-corrected chi connectivity index (χ0v) is 17.5. The summed E-state index contributed by atoms with van der Waals surface area (Å²) in [6.45, 7) is -0.298. The van der Waals surface area contributed by atoms with Crippen molar-refractivity contribution in [1.82, 2.24) is 5.32 Å². The summed E-state index contributed by atoms with van der Waals surface area (Å²) in [6.07, 6.45) is 6.94. The van der Waals surface area contributed by atoms with Gasteiger partial charge in [0, 0.05) is 12.1 Å². The fourth-order valence-electron chi connectivity index (χ4n) is 3.68. The van der Waals surface area contributed by atoms with E-state index in [-0.39, 0.29) is 18.7 Å². The summed E-state index contributed by atoms with van der Waals surface area (Å²) in [6, 6.07) is 12.2. The van der Waals surface area contributed by atoms with Gasteiger partial charge in [-0.25, -0.2) is 4.79 Å². The quantitative estimate of drug-likeness (QED) is 0.510. The number of esters is 1. The van der Waals surface area contributed by atoms with Gasteiger partial charge in [0.1, 0.15) is 0 Å². The summed E-state index contributed by atoms with van der Waals surface area (Å²) in [4.78, 5) is 36.8. The molecule has 0 bridgehead atoms. The number of nitrogens with one attached hydrogen (secondary N) is 2. The van der Waals surface area contributed by atoms with E-state index in [0.29, 0.717) is 22.7 Å². The lowest BCUT2D eigenvalue weighted by Crippen LogP contribution is -2.33. The van der Waals surface area contributed by atoms with Crippen molar-refractivity contribution in [3.63, 3.8) is 0 Å². The summed E-state index contributed by atoms with van der Waals surface area (Å²) >= 11 is 0. The van der Waals surface area contributed by atoms with E-state index in [1.54, 1.807) is 48.5 Å². The molecule has 0 spiro atoms. The molecule has 2 aromatic rings. The van der Waals surface area contributed by atoms with Gasteiger partial charge < -0.3 is 24.8 Å². The molecule has 8 nitrogen and oxygen atoms in total. The van der Waals surface area contributed by atoms with Crippen LogP contribution in [0.4, 0.5) is 5.69 Å². The van der Waals surface area contributed by atoms with Gasteiger partial charge in [0.05, 0.1) is 11.3 Å². The van der Waals surface area contributed by atoms with Crippen LogP contribution in [-0.2, 0) is 14.3 Å². The molecule has 32 heavy (non-hydrogen) atoms. The number of benzene rings is 2. The van der Waals surface area contributed by atoms with Gasteiger partial charge in [-0.2, -0.15) is 0 Å². The Morgan fingerprint density at radius 2 is 1.81 bits per heavy atom. The van der Waals surface area contributed by atoms with Crippen LogP contribution in [0.25, 0.3) is 6.08 Å². The molecule has 0 radical (unpaired) electrons. The van der Waals surface area contributed by atoms with Crippen LogP contribution in [0, 0.1) is 0 Å². The Morgan fingerprint density at radius 3 is 2.66 bits per heavy atom. The van der Waals surface area contributed by atoms with E-state index in [1.165, 1.54) is 6.08 Å². The van der Waals surface area contributed by atoms with E-state index in [0.717, 1.165) is 31.2 Å². The summed E-state index contributed by atoms with van der Waals surface area (Å²) in [5, 5.41) is 5.65. The minimum atomic E-state index is -0.662. The number of para-hydroxylation sites is 1. The normalized spacial score (nSPS) is 15.0. The highest BCUT2D eigenvalue weighted by atomic mass is 16.7. The molecule has 0 saturated heterocycles. The first-order valence-electron chi connectivity index (χ1n) is 10.5. The average Bonchev–Trinajstić information content (AvgIpc) is 3.48. The number of carbonyl (C=O) groups excluding carboxylic acids is 3. The van der Waals surface area contributed by atoms with Crippen molar-refractivity contribution in [3.8, 4) is 11.5 Å². The predicted molar refractivity (Wildman–Crippen MR) is 117 cm³/mol. The van der Waals surface area contributed by atoms with E-state index >= 15 is 0 Å². The highest BCUT2D eigenvalue weighted by Gasteiger charge is 2.20. The second kappa shape index (κ2) is 10.00. The molecule has 2 amide bonds. The molecular formula is C24H24N2O6. The highest BCUT2D eigenvalue weighted by molar-refractivity contribution is 6.04. The third-order valence-electron chi connectivity index (χ3n) is 5.29. The Labute approximate surface area is 185 Å². The molecule has 1 aliphatic carbocycles. The summed E-state index contributed by atoms with van der Waals surface area (Å²) in [5.74, 6) is -0.161. The molecule has 2 N–H and O–H groups in total. The Morgan fingerprint density at radius 1 is 1.03 bits per heavy atom. The Kier molecular flexibility index (Phi) is 6.69. The first-order chi connectivity index (χ1) is 15.6. The largest absolute Gasteiger partial charge is 0.454 e. The average molecular weight is 436 g/mol. The SMILES string of the molecule is O=C(COC(=O)/C=C/c1ccc2c(c1)OCO2)Nc1ccccc1C(=O)NC1CCCC1. The molecular weight excluding hydrogens is 412 g/mol. The van der Waals surface area contributed by atoms with Crippen molar-refractivity contribution in [2.45, 2.75) is 31.7 Å². The number of rotatable bonds is 7. The molecule has 166 valence electrons. The van der Waals surface area contributed by atoms with Crippen LogP contribution in [0.15, 0.2) is 48.5 Å². The Balaban J connectivity index is 1.28. The van der Waals surface area contributed by atoms with Crippen molar-refractivity contribution in [1.29, 1.82) is 0 Å². The molecule has 1 fully saturated rings. The van der Waals surface area contributed by atoms with Crippen molar-refractivity contribution in [3.05, 3.63) is 59.7 Å². The smallest absolute Gasteiger partial charge is 0.331 e. The second-order valence-corrected chi connectivity index (χ2v) is 7.60. The van der Waals surface area contributed by atoms with E-state index in [2.05, 4.69) is 10.6 Å². The van der Waals surface area contributed by atoms with Crippen molar-refractivity contribution in [2.24, 2.45) is 0 Å². The van der Waals surface area contributed by atoms with Gasteiger partial charge in [-0.3, -0.25) is 9.59 Å². The number of amides is 2. The number of hydrogen-bond acceptors (Lipinski definition) is 6. The molecule has 2 aromatic carbocycles. The van der Waals surface area contributed by atoms with E-state index in [1.807, 2.05) is 0 Å². The van der Waals surface area contributed by atoms with Gasteiger partial charge in [-0.15, -0.1) is 0 Å². The van der Waals surface area contributed by atoms with Gasteiger partial charge in [0.25, 0.3) is 11.8 Å². The molecule has 8 heteroatoms. The molecule has 1 aliphatic heterocycles. The van der Waals surface area contributed by atoms with E-state index < -0.39 is 18.5 Å². The summed E-state index contributed by atoms with van der Waals surface area (Å²) in [7, 11) is 0. The van der Waals surface area contributed by atoms with Crippen molar-refractivity contribution >= 4 is 29.5 Å². The lowest BCUT2D eigenvalue weighted by Gasteiger charge is -2.15. The molecule has 1 saturated carbocycles.